The number of halogens is 1. The van der Waals surface area contributed by atoms with Crippen LogP contribution in [-0.2, 0) is 57.0 Å². The number of carboxylic acids is 1. The average molecular weight is 1210 g/mol. The van der Waals surface area contributed by atoms with E-state index >= 15 is 0 Å². The molecule has 1 aromatic heterocycles. The summed E-state index contributed by atoms with van der Waals surface area (Å²) in [4.78, 5) is 43.3. The Morgan fingerprint density at radius 2 is 1.60 bits per heavy atom. The number of carboxylic acid groups (broad SMARTS) is 1. The Balaban J connectivity index is 1.12. The highest BCUT2D eigenvalue weighted by Gasteiger charge is 2.54. The summed E-state index contributed by atoms with van der Waals surface area (Å²) in [5, 5.41) is 61.5. The van der Waals surface area contributed by atoms with Crippen LogP contribution in [0.1, 0.15) is 124 Å². The van der Waals surface area contributed by atoms with E-state index in [4.69, 9.17) is 53.7 Å². The largest absolute Gasteiger partial charge is 0.477 e. The third-order valence-electron chi connectivity index (χ3n) is 17.1. The number of methoxy groups -OCH3 is 1. The second-order valence-corrected chi connectivity index (χ2v) is 26.4. The van der Waals surface area contributed by atoms with Gasteiger partial charge in [0.2, 0.25) is 5.43 Å². The van der Waals surface area contributed by atoms with Crippen LogP contribution in [0.25, 0.3) is 10.9 Å². The summed E-state index contributed by atoms with van der Waals surface area (Å²) in [5.74, 6) is -4.89. The summed E-state index contributed by atoms with van der Waals surface area (Å²) in [6.07, 6.45) is -7.08. The van der Waals surface area contributed by atoms with Crippen LogP contribution in [0.15, 0.2) is 23.1 Å². The van der Waals surface area contributed by atoms with Gasteiger partial charge in [-0.15, -0.1) is 0 Å². The van der Waals surface area contributed by atoms with Gasteiger partial charge in [0.15, 0.2) is 12.6 Å². The minimum Gasteiger partial charge on any atom is -0.477 e. The van der Waals surface area contributed by atoms with E-state index in [9.17, 15) is 48.3 Å². The van der Waals surface area contributed by atoms with Gasteiger partial charge in [0.05, 0.1) is 89.9 Å². The molecule has 4 heterocycles. The maximum atomic E-state index is 14.6. The fraction of sp³-hybridized carbons (Fsp3) is 0.807. The van der Waals surface area contributed by atoms with Crippen molar-refractivity contribution in [2.24, 2.45) is 17.8 Å². The molecule has 3 aliphatic heterocycles. The molecule has 3 saturated heterocycles. The van der Waals surface area contributed by atoms with Crippen molar-refractivity contribution in [3.8, 4) is 0 Å². The molecule has 0 spiro atoms. The molecule has 4 fully saturated rings. The number of rotatable bonds is 21. The number of ether oxygens (including phenoxy) is 8. The third-order valence-corrected chi connectivity index (χ3v) is 18.6. The van der Waals surface area contributed by atoms with E-state index < -0.39 is 123 Å². The first-order chi connectivity index (χ1) is 38.3. The van der Waals surface area contributed by atoms with Crippen LogP contribution in [0.3, 0.4) is 0 Å². The van der Waals surface area contributed by atoms with Crippen molar-refractivity contribution in [1.82, 2.24) is 14.4 Å². The maximum Gasteiger partial charge on any atom is 0.341 e. The first-order valence-corrected chi connectivity index (χ1v) is 30.7. The van der Waals surface area contributed by atoms with Crippen LogP contribution in [0, 0.1) is 17.8 Å². The average Bonchev–Trinajstić information content (AvgIpc) is 2.62. The van der Waals surface area contributed by atoms with Gasteiger partial charge >= 0.3 is 11.9 Å². The van der Waals surface area contributed by atoms with Crippen LogP contribution in [0.4, 0.5) is 5.69 Å². The number of anilines is 1. The van der Waals surface area contributed by atoms with Crippen LogP contribution in [0.5, 0.6) is 0 Å². The van der Waals surface area contributed by atoms with Gasteiger partial charge in [-0.2, -0.15) is 8.42 Å². The van der Waals surface area contributed by atoms with Crippen molar-refractivity contribution in [1.29, 1.82) is 0 Å². The third kappa shape index (κ3) is 16.3. The number of likely N-dealkylation sites (N-methyl/N-ethyl adjacent to an activating group) is 2. The molecule has 0 radical (unpaired) electrons. The lowest BCUT2D eigenvalue weighted by Crippen LogP contribution is -2.61. The molecule has 0 amide bonds. The molecule has 4 aliphatic rings. The first-order valence-electron chi connectivity index (χ1n) is 28.7. The number of nitrogens with zero attached hydrogens (tertiary/aromatic N) is 3. The molecule has 23 nitrogen and oxygen atoms in total. The number of hydrogen-bond acceptors (Lipinski definition) is 21. The van der Waals surface area contributed by atoms with Crippen LogP contribution in [0.2, 0.25) is 5.02 Å². The maximum absolute atomic E-state index is 14.6. The molecule has 25 heteroatoms. The minimum absolute atomic E-state index is 0.0511. The molecule has 0 bridgehead atoms. The van der Waals surface area contributed by atoms with Gasteiger partial charge in [0.25, 0.3) is 10.1 Å². The summed E-state index contributed by atoms with van der Waals surface area (Å²) < 4.78 is 84.6. The molecule has 6 rings (SSSR count). The zero-order valence-corrected chi connectivity index (χ0v) is 51.8. The van der Waals surface area contributed by atoms with Crippen LogP contribution < -0.4 is 10.7 Å². The van der Waals surface area contributed by atoms with Crippen molar-refractivity contribution in [2.75, 3.05) is 78.8 Å². The van der Waals surface area contributed by atoms with E-state index in [2.05, 4.69) is 5.32 Å². The zero-order chi connectivity index (χ0) is 61.0. The summed E-state index contributed by atoms with van der Waals surface area (Å²) in [6, 6.07) is 2.34. The molecule has 1 aromatic carbocycles. The monoisotopic (exact) mass is 1200 g/mol. The number of aliphatic hydroxyl groups is 4. The second kappa shape index (κ2) is 28.1. The van der Waals surface area contributed by atoms with E-state index in [1.807, 2.05) is 44.8 Å². The number of hydrogen-bond donors (Lipinski definition) is 6. The van der Waals surface area contributed by atoms with Gasteiger partial charge in [-0.1, -0.05) is 32.4 Å². The summed E-state index contributed by atoms with van der Waals surface area (Å²) >= 11 is 6.58. The number of esters is 1. The molecule has 18 atom stereocenters. The molecule has 82 heavy (non-hydrogen) atoms. The van der Waals surface area contributed by atoms with Crippen molar-refractivity contribution < 1.29 is 85.6 Å². The number of cyclic esters (lactones) is 1. The highest BCUT2D eigenvalue weighted by atomic mass is 35.5. The quantitative estimate of drug-likeness (QED) is 0.0573. The normalized spacial score (nSPS) is 36.9. The summed E-state index contributed by atoms with van der Waals surface area (Å²) in [6.45, 7) is 17.8. The number of pyridine rings is 1. The van der Waals surface area contributed by atoms with Gasteiger partial charge in [0, 0.05) is 62.2 Å². The van der Waals surface area contributed by atoms with Gasteiger partial charge < -0.3 is 83.1 Å². The lowest BCUT2D eigenvalue weighted by atomic mass is 9.77. The Labute approximate surface area is 488 Å². The van der Waals surface area contributed by atoms with E-state index in [0.29, 0.717) is 29.2 Å². The second-order valence-electron chi connectivity index (χ2n) is 24.3. The molecule has 1 aliphatic carbocycles. The van der Waals surface area contributed by atoms with Gasteiger partial charge in [-0.05, 0) is 120 Å². The fourth-order valence-electron chi connectivity index (χ4n) is 12.2. The Hall–Kier alpha value is -3.15. The molecular weight excluding hydrogens is 1110 g/mol. The summed E-state index contributed by atoms with van der Waals surface area (Å²) in [5.41, 5.74) is -4.85. The molecular formula is C57H93ClN4O19S. The van der Waals surface area contributed by atoms with Gasteiger partial charge in [-0.3, -0.25) is 13.8 Å². The predicted octanol–water partition coefficient (Wildman–Crippen LogP) is 4.40. The number of carbonyl (C=O) groups is 2. The number of carbonyl (C=O) groups excluding carboxylic acids is 1. The number of aliphatic hydroxyl groups excluding tert-OH is 2. The van der Waals surface area contributed by atoms with E-state index in [1.165, 1.54) is 20.2 Å². The SMILES string of the molecule is CC[C@H]1OC(=O)[C@H](C)[C@@H](O[C@H]2C[C@@](C)(OC)[C@@H](OS(=O)(=O)CCOCCOCCNc3cc4c(=O)c(C(=O)O)cn(C5CC5)c4cc3Cl)[C@H](C)O2)[C@H](C)[C@@H](O[C@@H]2O[C@H](C)C[C@H](N(C)C)[C@H]2O)[C@](C)(O)C[C@@H](C)CN(C)[C@H](C)[C@@H](O)[C@]1(C)O. The number of benzene rings is 1. The topological polar surface area (TPSA) is 293 Å². The Bertz CT molecular complexity index is 2640. The number of aromatic carboxylic acids is 1. The molecule has 1 saturated carbocycles. The molecule has 468 valence electrons. The lowest BCUT2D eigenvalue weighted by molar-refractivity contribution is -0.316. The molecule has 0 unspecified atom stereocenters. The van der Waals surface area contributed by atoms with E-state index in [0.717, 1.165) is 12.8 Å². The lowest BCUT2D eigenvalue weighted by Gasteiger charge is -2.49. The van der Waals surface area contributed by atoms with Crippen molar-refractivity contribution in [2.45, 2.75) is 204 Å². The molecule has 2 aromatic rings. The highest BCUT2D eigenvalue weighted by Crippen LogP contribution is 2.42. The van der Waals surface area contributed by atoms with Crippen molar-refractivity contribution >= 4 is 50.2 Å². The Morgan fingerprint density at radius 1 is 0.939 bits per heavy atom. The Morgan fingerprint density at radius 3 is 2.21 bits per heavy atom. The van der Waals surface area contributed by atoms with E-state index in [-0.39, 0.29) is 87.3 Å². The highest BCUT2D eigenvalue weighted by molar-refractivity contribution is 7.86. The van der Waals surface area contributed by atoms with Crippen LogP contribution in [-0.4, -0.2) is 224 Å². The number of nitrogens with one attached hydrogen (secondary N) is 1. The van der Waals surface area contributed by atoms with Crippen molar-refractivity contribution in [3.05, 3.63) is 39.1 Å². The van der Waals surface area contributed by atoms with Gasteiger partial charge in [-0.25, -0.2) is 4.79 Å². The van der Waals surface area contributed by atoms with E-state index in [1.54, 1.807) is 65.2 Å². The minimum atomic E-state index is -4.27. The number of fused-ring (bicyclic) bond motifs is 1. The smallest absolute Gasteiger partial charge is 0.341 e. The Kier molecular flexibility index (Phi) is 23.3. The van der Waals surface area contributed by atoms with Crippen LogP contribution >= 0.6 is 11.6 Å². The fourth-order valence-corrected chi connectivity index (χ4v) is 13.5. The van der Waals surface area contributed by atoms with Crippen molar-refractivity contribution in [3.63, 3.8) is 0 Å². The number of aromatic nitrogens is 1. The zero-order valence-electron chi connectivity index (χ0n) is 50.2. The predicted molar refractivity (Wildman–Crippen MR) is 305 cm³/mol. The molecule has 6 N–H and O–H groups in total. The summed E-state index contributed by atoms with van der Waals surface area (Å²) in [7, 11) is 2.65. The standard InChI is InChI=1S/C57H93ClN4O19S/c1-15-44-57(10,70)49(65)35(6)61(13)29-31(2)27-55(8,69)50(80-54-47(64)43(60(11)12)24-32(3)76-54)33(4)48(34(5)53(68)78-44)79-45-28-56(9,73-14)51(36(7)77-45)81-82(71,72)23-22-75-21-20-74-19-18-59-41-25-38-42(26-40(41)58)62(37-16-17-37)30-39(46(38)63)52(66)67/h25-26,30-37,43-45,47-51,54,59,64-65,69-70H,15-24,27-29H2,1-14H3,(H,66,67)/t31-,32-,33+,34-,35-,36+,43+,44-,45+,47-,48+,49-,50-,51+,54+,55-,56-,57-/m1/s1. The first kappa shape index (κ1) is 68.0. The van der Waals surface area contributed by atoms with Gasteiger partial charge in [0.1, 0.15) is 35.6 Å².